The predicted octanol–water partition coefficient (Wildman–Crippen LogP) is 3.28. The normalized spacial score (nSPS) is 25.1. The summed E-state index contributed by atoms with van der Waals surface area (Å²) in [7, 11) is 0. The van der Waals surface area contributed by atoms with Crippen LogP contribution in [0.15, 0.2) is 12.1 Å². The van der Waals surface area contributed by atoms with Crippen LogP contribution >= 0.6 is 11.6 Å². The summed E-state index contributed by atoms with van der Waals surface area (Å²) in [6, 6.07) is 3.50. The van der Waals surface area contributed by atoms with Crippen LogP contribution < -0.4 is 0 Å². The zero-order chi connectivity index (χ0) is 11.1. The Bertz CT molecular complexity index is 416. The first-order valence-corrected chi connectivity index (χ1v) is 5.65. The summed E-state index contributed by atoms with van der Waals surface area (Å²) in [6.07, 6.45) is 2.61. The molecular weight excluding hydrogens is 210 g/mol. The maximum absolute atomic E-state index is 12.2. The van der Waals surface area contributed by atoms with Gasteiger partial charge in [-0.05, 0) is 31.4 Å². The van der Waals surface area contributed by atoms with Crippen molar-refractivity contribution in [3.8, 4) is 0 Å². The quantitative estimate of drug-likeness (QED) is 0.684. The SMILES string of the molecule is CC[C@]1(C)CCc2nc(Cl)ccc2C1=O. The molecule has 1 aromatic rings. The summed E-state index contributed by atoms with van der Waals surface area (Å²) in [5.74, 6) is 0.218. The van der Waals surface area contributed by atoms with Crippen LogP contribution in [0.2, 0.25) is 5.15 Å². The summed E-state index contributed by atoms with van der Waals surface area (Å²) in [5.41, 5.74) is 1.41. The van der Waals surface area contributed by atoms with Gasteiger partial charge in [0.2, 0.25) is 0 Å². The largest absolute Gasteiger partial charge is 0.293 e. The van der Waals surface area contributed by atoms with Crippen molar-refractivity contribution in [3.63, 3.8) is 0 Å². The van der Waals surface area contributed by atoms with E-state index in [0.29, 0.717) is 5.15 Å². The number of nitrogens with zero attached hydrogens (tertiary/aromatic N) is 1. The number of carbonyl (C=O) groups excluding carboxylic acids is 1. The zero-order valence-corrected chi connectivity index (χ0v) is 9.77. The van der Waals surface area contributed by atoms with E-state index >= 15 is 0 Å². The number of rotatable bonds is 1. The average Bonchev–Trinajstić information content (AvgIpc) is 2.24. The molecule has 15 heavy (non-hydrogen) atoms. The van der Waals surface area contributed by atoms with Gasteiger partial charge in [0, 0.05) is 11.0 Å². The van der Waals surface area contributed by atoms with Gasteiger partial charge in [0.05, 0.1) is 5.69 Å². The molecule has 0 radical (unpaired) electrons. The van der Waals surface area contributed by atoms with Gasteiger partial charge in [0.15, 0.2) is 5.78 Å². The van der Waals surface area contributed by atoms with Gasteiger partial charge in [-0.15, -0.1) is 0 Å². The Morgan fingerprint density at radius 2 is 2.27 bits per heavy atom. The molecule has 0 N–H and O–H groups in total. The van der Waals surface area contributed by atoms with E-state index in [1.807, 2.05) is 6.92 Å². The highest BCUT2D eigenvalue weighted by molar-refractivity contribution is 6.29. The van der Waals surface area contributed by atoms with Crippen molar-refractivity contribution >= 4 is 17.4 Å². The number of ketones is 1. The summed E-state index contributed by atoms with van der Waals surface area (Å²) >= 11 is 5.81. The third-order valence-corrected chi connectivity index (χ3v) is 3.64. The molecule has 0 spiro atoms. The van der Waals surface area contributed by atoms with E-state index in [2.05, 4.69) is 11.9 Å². The number of Topliss-reactive ketones (excluding diaryl/α,β-unsaturated/α-hetero) is 1. The Kier molecular flexibility index (Phi) is 2.55. The fourth-order valence-corrected chi connectivity index (χ4v) is 2.21. The molecule has 3 heteroatoms. The van der Waals surface area contributed by atoms with Crippen molar-refractivity contribution < 1.29 is 4.79 Å². The van der Waals surface area contributed by atoms with Crippen LogP contribution in [-0.2, 0) is 6.42 Å². The van der Waals surface area contributed by atoms with Crippen molar-refractivity contribution in [2.75, 3.05) is 0 Å². The Hall–Kier alpha value is -0.890. The van der Waals surface area contributed by atoms with Gasteiger partial charge < -0.3 is 0 Å². The number of pyridine rings is 1. The minimum atomic E-state index is -0.206. The smallest absolute Gasteiger partial charge is 0.170 e. The molecule has 1 aliphatic rings. The molecule has 0 bridgehead atoms. The topological polar surface area (TPSA) is 30.0 Å². The lowest BCUT2D eigenvalue weighted by atomic mass is 9.71. The van der Waals surface area contributed by atoms with Crippen LogP contribution in [0.4, 0.5) is 0 Å². The second-order valence-corrected chi connectivity index (χ2v) is 4.76. The van der Waals surface area contributed by atoms with Gasteiger partial charge in [0.1, 0.15) is 5.15 Å². The van der Waals surface area contributed by atoms with Crippen LogP contribution in [0.1, 0.15) is 42.7 Å². The fourth-order valence-electron chi connectivity index (χ4n) is 2.04. The maximum atomic E-state index is 12.2. The average molecular weight is 224 g/mol. The zero-order valence-electron chi connectivity index (χ0n) is 9.01. The van der Waals surface area contributed by atoms with Crippen LogP contribution in [0, 0.1) is 5.41 Å². The van der Waals surface area contributed by atoms with Gasteiger partial charge in [0.25, 0.3) is 0 Å². The van der Waals surface area contributed by atoms with E-state index < -0.39 is 0 Å². The van der Waals surface area contributed by atoms with Crippen molar-refractivity contribution in [3.05, 3.63) is 28.5 Å². The van der Waals surface area contributed by atoms with Gasteiger partial charge >= 0.3 is 0 Å². The third-order valence-electron chi connectivity index (χ3n) is 3.43. The summed E-state index contributed by atoms with van der Waals surface area (Å²) in [4.78, 5) is 16.4. The molecule has 2 rings (SSSR count). The van der Waals surface area contributed by atoms with E-state index in [1.54, 1.807) is 12.1 Å². The maximum Gasteiger partial charge on any atom is 0.170 e. The number of hydrogen-bond donors (Lipinski definition) is 0. The molecule has 1 atom stereocenters. The van der Waals surface area contributed by atoms with Crippen molar-refractivity contribution in [2.24, 2.45) is 5.41 Å². The molecule has 0 unspecified atom stereocenters. The Morgan fingerprint density at radius 1 is 1.53 bits per heavy atom. The first kappa shape index (κ1) is 10.6. The van der Waals surface area contributed by atoms with Crippen molar-refractivity contribution in [2.45, 2.75) is 33.1 Å². The molecule has 0 aliphatic heterocycles. The molecule has 2 nitrogen and oxygen atoms in total. The van der Waals surface area contributed by atoms with Gasteiger partial charge in [-0.25, -0.2) is 4.98 Å². The Labute approximate surface area is 94.7 Å². The van der Waals surface area contributed by atoms with E-state index in [4.69, 9.17) is 11.6 Å². The Balaban J connectivity index is 2.47. The van der Waals surface area contributed by atoms with Gasteiger partial charge in [-0.3, -0.25) is 4.79 Å². The summed E-state index contributed by atoms with van der Waals surface area (Å²) in [6.45, 7) is 4.10. The van der Waals surface area contributed by atoms with E-state index in [0.717, 1.165) is 30.5 Å². The predicted molar refractivity (Wildman–Crippen MR) is 60.3 cm³/mol. The number of carbonyl (C=O) groups is 1. The molecule has 0 amide bonds. The number of fused-ring (bicyclic) bond motifs is 1. The molecule has 0 fully saturated rings. The van der Waals surface area contributed by atoms with E-state index in [1.165, 1.54) is 0 Å². The van der Waals surface area contributed by atoms with Crippen LogP contribution in [0.5, 0.6) is 0 Å². The minimum absolute atomic E-state index is 0.206. The monoisotopic (exact) mass is 223 g/mol. The number of halogens is 1. The fraction of sp³-hybridized carbons (Fsp3) is 0.500. The molecule has 1 heterocycles. The molecule has 0 aromatic carbocycles. The van der Waals surface area contributed by atoms with E-state index in [-0.39, 0.29) is 11.2 Å². The Morgan fingerprint density at radius 3 is 2.93 bits per heavy atom. The van der Waals surface area contributed by atoms with Crippen LogP contribution in [0.3, 0.4) is 0 Å². The minimum Gasteiger partial charge on any atom is -0.293 e. The van der Waals surface area contributed by atoms with Crippen molar-refractivity contribution in [1.29, 1.82) is 0 Å². The lowest BCUT2D eigenvalue weighted by molar-refractivity contribution is 0.0776. The van der Waals surface area contributed by atoms with Crippen LogP contribution in [0.25, 0.3) is 0 Å². The van der Waals surface area contributed by atoms with Crippen molar-refractivity contribution in [1.82, 2.24) is 4.98 Å². The standard InChI is InChI=1S/C12H14ClNO/c1-3-12(2)7-6-9-8(11(12)15)4-5-10(13)14-9/h4-5H,3,6-7H2,1-2H3/t12-/m1/s1. The number of aromatic nitrogens is 1. The highest BCUT2D eigenvalue weighted by Gasteiger charge is 2.37. The molecule has 0 saturated carbocycles. The number of hydrogen-bond acceptors (Lipinski definition) is 2. The summed E-state index contributed by atoms with van der Waals surface area (Å²) in [5, 5.41) is 0.474. The second-order valence-electron chi connectivity index (χ2n) is 4.37. The van der Waals surface area contributed by atoms with Gasteiger partial charge in [-0.1, -0.05) is 25.4 Å². The van der Waals surface area contributed by atoms with Crippen LogP contribution in [-0.4, -0.2) is 10.8 Å². The lowest BCUT2D eigenvalue weighted by Crippen LogP contribution is -2.33. The first-order valence-electron chi connectivity index (χ1n) is 5.27. The molecule has 1 aliphatic carbocycles. The lowest BCUT2D eigenvalue weighted by Gasteiger charge is -2.31. The second kappa shape index (κ2) is 3.60. The molecule has 1 aromatic heterocycles. The highest BCUT2D eigenvalue weighted by atomic mass is 35.5. The van der Waals surface area contributed by atoms with Gasteiger partial charge in [-0.2, -0.15) is 0 Å². The highest BCUT2D eigenvalue weighted by Crippen LogP contribution is 2.37. The molecular formula is C12H14ClNO. The third kappa shape index (κ3) is 1.67. The molecule has 80 valence electrons. The first-order chi connectivity index (χ1) is 7.07. The molecule has 0 saturated heterocycles. The number of aryl methyl sites for hydroxylation is 1. The summed E-state index contributed by atoms with van der Waals surface area (Å²) < 4.78 is 0. The van der Waals surface area contributed by atoms with E-state index in [9.17, 15) is 4.79 Å².